The van der Waals surface area contributed by atoms with Crippen molar-refractivity contribution in [3.8, 4) is 5.75 Å². The molecule has 0 saturated carbocycles. The highest BCUT2D eigenvalue weighted by Crippen LogP contribution is 2.31. The Kier molecular flexibility index (Phi) is 3.35. The highest BCUT2D eigenvalue weighted by molar-refractivity contribution is 7.22. The van der Waals surface area contributed by atoms with Crippen LogP contribution >= 0.6 is 22.7 Å². The Morgan fingerprint density at radius 1 is 1.37 bits per heavy atom. The molecule has 98 valence electrons. The van der Waals surface area contributed by atoms with E-state index < -0.39 is 0 Å². The van der Waals surface area contributed by atoms with Crippen LogP contribution in [0.3, 0.4) is 0 Å². The van der Waals surface area contributed by atoms with Crippen molar-refractivity contribution < 1.29 is 4.74 Å². The molecule has 0 radical (unpaired) electrons. The minimum atomic E-state index is 0.835. The number of hydrogen-bond acceptors (Lipinski definition) is 6. The average molecular weight is 291 g/mol. The summed E-state index contributed by atoms with van der Waals surface area (Å²) in [5.74, 6) is 0.868. The van der Waals surface area contributed by atoms with E-state index in [1.165, 1.54) is 4.88 Å². The molecule has 6 heteroatoms. The van der Waals surface area contributed by atoms with Crippen molar-refractivity contribution in [3.63, 3.8) is 0 Å². The van der Waals surface area contributed by atoms with Gasteiger partial charge in [0.05, 0.1) is 29.4 Å². The number of rotatable bonds is 4. The van der Waals surface area contributed by atoms with Gasteiger partial charge in [0, 0.05) is 18.1 Å². The third-order valence-electron chi connectivity index (χ3n) is 2.79. The Bertz CT molecular complexity index is 678. The summed E-state index contributed by atoms with van der Waals surface area (Å²) in [5, 5.41) is 1.01. The number of ether oxygens (including phenoxy) is 1. The molecule has 0 aliphatic heterocycles. The summed E-state index contributed by atoms with van der Waals surface area (Å²) in [6.45, 7) is 0.835. The van der Waals surface area contributed by atoms with Crippen LogP contribution in [0.25, 0.3) is 10.2 Å². The van der Waals surface area contributed by atoms with E-state index in [1.54, 1.807) is 29.8 Å². The fourth-order valence-electron chi connectivity index (χ4n) is 1.80. The third-order valence-corrected chi connectivity index (χ3v) is 4.68. The molecule has 0 saturated heterocycles. The van der Waals surface area contributed by atoms with Gasteiger partial charge in [0.25, 0.3) is 0 Å². The SMILES string of the molecule is COc1ccc2nc(N(C)Cc3cncs3)sc2c1. The summed E-state index contributed by atoms with van der Waals surface area (Å²) in [6, 6.07) is 5.96. The number of methoxy groups -OCH3 is 1. The van der Waals surface area contributed by atoms with E-state index in [1.807, 2.05) is 29.9 Å². The van der Waals surface area contributed by atoms with Crippen molar-refractivity contribution in [2.45, 2.75) is 6.54 Å². The van der Waals surface area contributed by atoms with E-state index in [9.17, 15) is 0 Å². The smallest absolute Gasteiger partial charge is 0.186 e. The Morgan fingerprint density at radius 3 is 3.00 bits per heavy atom. The molecule has 0 N–H and O–H groups in total. The first-order valence-corrected chi connectivity index (χ1v) is 7.49. The standard InChI is InChI=1S/C13H13N3OS2/c1-16(7-10-6-14-8-18-10)13-15-11-4-3-9(17-2)5-12(11)19-13/h3-6,8H,7H2,1-2H3. The molecule has 2 heterocycles. The van der Waals surface area contributed by atoms with E-state index in [0.29, 0.717) is 0 Å². The van der Waals surface area contributed by atoms with Gasteiger partial charge in [0.2, 0.25) is 0 Å². The molecule has 0 fully saturated rings. The maximum atomic E-state index is 5.24. The number of anilines is 1. The topological polar surface area (TPSA) is 38.2 Å². The molecule has 0 unspecified atom stereocenters. The second-order valence-electron chi connectivity index (χ2n) is 4.15. The summed E-state index contributed by atoms with van der Waals surface area (Å²) in [7, 11) is 3.73. The number of aromatic nitrogens is 2. The first kappa shape index (κ1) is 12.4. The third kappa shape index (κ3) is 2.54. The fraction of sp³-hybridized carbons (Fsp3) is 0.231. The van der Waals surface area contributed by atoms with Crippen LogP contribution in [0, 0.1) is 0 Å². The van der Waals surface area contributed by atoms with Crippen LogP contribution in [0.1, 0.15) is 4.88 Å². The Hall–Kier alpha value is -1.66. The number of fused-ring (bicyclic) bond motifs is 1. The molecule has 0 atom stereocenters. The lowest BCUT2D eigenvalue weighted by Crippen LogP contribution is -2.14. The van der Waals surface area contributed by atoms with Crippen LogP contribution < -0.4 is 9.64 Å². The van der Waals surface area contributed by atoms with Gasteiger partial charge < -0.3 is 9.64 Å². The van der Waals surface area contributed by atoms with Gasteiger partial charge in [0.15, 0.2) is 5.13 Å². The van der Waals surface area contributed by atoms with Crippen molar-refractivity contribution in [3.05, 3.63) is 34.8 Å². The van der Waals surface area contributed by atoms with Crippen LogP contribution in [0.5, 0.6) is 5.75 Å². The van der Waals surface area contributed by atoms with Gasteiger partial charge >= 0.3 is 0 Å². The van der Waals surface area contributed by atoms with E-state index >= 15 is 0 Å². The van der Waals surface area contributed by atoms with E-state index in [-0.39, 0.29) is 0 Å². The normalized spacial score (nSPS) is 10.8. The monoisotopic (exact) mass is 291 g/mol. The first-order chi connectivity index (χ1) is 9.26. The zero-order valence-corrected chi connectivity index (χ0v) is 12.3. The van der Waals surface area contributed by atoms with Crippen LogP contribution in [0.2, 0.25) is 0 Å². The summed E-state index contributed by atoms with van der Waals surface area (Å²) in [5.41, 5.74) is 2.86. The number of benzene rings is 1. The molecular formula is C13H13N3OS2. The molecule has 0 aliphatic rings. The van der Waals surface area contributed by atoms with Gasteiger partial charge in [-0.05, 0) is 18.2 Å². The number of hydrogen-bond donors (Lipinski definition) is 0. The first-order valence-electron chi connectivity index (χ1n) is 5.79. The lowest BCUT2D eigenvalue weighted by atomic mass is 10.3. The van der Waals surface area contributed by atoms with E-state index in [2.05, 4.69) is 21.9 Å². The minimum absolute atomic E-state index is 0.835. The van der Waals surface area contributed by atoms with Gasteiger partial charge in [0.1, 0.15) is 5.75 Å². The van der Waals surface area contributed by atoms with Crippen molar-refractivity contribution in [2.75, 3.05) is 19.1 Å². The summed E-state index contributed by atoms with van der Waals surface area (Å²) < 4.78 is 6.38. The molecule has 2 aromatic heterocycles. The molecule has 3 aromatic rings. The second kappa shape index (κ2) is 5.14. The van der Waals surface area contributed by atoms with Crippen molar-refractivity contribution >= 4 is 38.0 Å². The van der Waals surface area contributed by atoms with Crippen LogP contribution in [0.4, 0.5) is 5.13 Å². The summed E-state index contributed by atoms with van der Waals surface area (Å²) >= 11 is 3.34. The summed E-state index contributed by atoms with van der Waals surface area (Å²) in [4.78, 5) is 12.1. The van der Waals surface area contributed by atoms with E-state index in [0.717, 1.165) is 27.6 Å². The Balaban J connectivity index is 1.88. The minimum Gasteiger partial charge on any atom is -0.497 e. The molecule has 0 spiro atoms. The lowest BCUT2D eigenvalue weighted by Gasteiger charge is -2.13. The van der Waals surface area contributed by atoms with Crippen LogP contribution in [-0.4, -0.2) is 24.1 Å². The molecule has 1 aromatic carbocycles. The number of nitrogens with zero attached hydrogens (tertiary/aromatic N) is 3. The van der Waals surface area contributed by atoms with Crippen LogP contribution in [0.15, 0.2) is 29.9 Å². The summed E-state index contributed by atoms with van der Waals surface area (Å²) in [6.07, 6.45) is 1.90. The predicted octanol–water partition coefficient (Wildman–Crippen LogP) is 3.40. The average Bonchev–Trinajstić information content (AvgIpc) is 3.05. The highest BCUT2D eigenvalue weighted by Gasteiger charge is 2.10. The predicted molar refractivity (Wildman–Crippen MR) is 80.4 cm³/mol. The molecule has 3 rings (SSSR count). The molecule has 0 amide bonds. The van der Waals surface area contributed by atoms with Crippen molar-refractivity contribution in [1.29, 1.82) is 0 Å². The quantitative estimate of drug-likeness (QED) is 0.738. The van der Waals surface area contributed by atoms with E-state index in [4.69, 9.17) is 4.74 Å². The molecule has 19 heavy (non-hydrogen) atoms. The second-order valence-corrected chi connectivity index (χ2v) is 6.13. The van der Waals surface area contributed by atoms with Crippen molar-refractivity contribution in [2.24, 2.45) is 0 Å². The maximum Gasteiger partial charge on any atom is 0.186 e. The van der Waals surface area contributed by atoms with Gasteiger partial charge in [-0.1, -0.05) is 11.3 Å². The largest absolute Gasteiger partial charge is 0.497 e. The molecule has 4 nitrogen and oxygen atoms in total. The zero-order valence-electron chi connectivity index (χ0n) is 10.7. The molecule has 0 aliphatic carbocycles. The highest BCUT2D eigenvalue weighted by atomic mass is 32.1. The van der Waals surface area contributed by atoms with Crippen molar-refractivity contribution in [1.82, 2.24) is 9.97 Å². The molecular weight excluding hydrogens is 278 g/mol. The Labute approximate surface area is 119 Å². The van der Waals surface area contributed by atoms with Gasteiger partial charge in [-0.3, -0.25) is 4.98 Å². The zero-order chi connectivity index (χ0) is 13.2. The lowest BCUT2D eigenvalue weighted by molar-refractivity contribution is 0.415. The number of thiazole rings is 2. The fourth-order valence-corrected chi connectivity index (χ4v) is 3.41. The Morgan fingerprint density at radius 2 is 2.26 bits per heavy atom. The molecule has 0 bridgehead atoms. The maximum absolute atomic E-state index is 5.24. The van der Waals surface area contributed by atoms with Crippen LogP contribution in [-0.2, 0) is 6.54 Å². The van der Waals surface area contributed by atoms with Gasteiger partial charge in [-0.2, -0.15) is 0 Å². The van der Waals surface area contributed by atoms with Gasteiger partial charge in [-0.25, -0.2) is 4.98 Å². The van der Waals surface area contributed by atoms with Gasteiger partial charge in [-0.15, -0.1) is 11.3 Å².